The third-order valence-corrected chi connectivity index (χ3v) is 4.37. The standard InChI is InChI=1S/C16H25N3O3.HI/c1-3-17-15(19-12-9-11-6-7-13(12)22-11)18-10-16(2,20)14-5-4-8-21-14;/h4-5,8,11-13,20H,3,6-7,9-10H2,1-2H3,(H2,17,18,19);1H. The zero-order valence-corrected chi connectivity index (χ0v) is 15.9. The molecule has 0 amide bonds. The monoisotopic (exact) mass is 435 g/mol. The number of furan rings is 1. The molecule has 0 aliphatic carbocycles. The van der Waals surface area contributed by atoms with Crippen molar-refractivity contribution in [3.05, 3.63) is 24.2 Å². The third kappa shape index (κ3) is 4.39. The molecule has 2 bridgehead atoms. The van der Waals surface area contributed by atoms with Crippen molar-refractivity contribution in [1.29, 1.82) is 0 Å². The zero-order valence-electron chi connectivity index (χ0n) is 13.6. The number of nitrogens with zero attached hydrogens (tertiary/aromatic N) is 1. The van der Waals surface area contributed by atoms with Gasteiger partial charge in [-0.3, -0.25) is 0 Å². The van der Waals surface area contributed by atoms with Gasteiger partial charge in [0.2, 0.25) is 0 Å². The van der Waals surface area contributed by atoms with Crippen LogP contribution >= 0.6 is 24.0 Å². The molecule has 1 aromatic heterocycles. The molecule has 130 valence electrons. The summed E-state index contributed by atoms with van der Waals surface area (Å²) in [5.41, 5.74) is -1.11. The summed E-state index contributed by atoms with van der Waals surface area (Å²) in [7, 11) is 0. The summed E-state index contributed by atoms with van der Waals surface area (Å²) in [4.78, 5) is 4.52. The molecule has 4 unspecified atom stereocenters. The van der Waals surface area contributed by atoms with E-state index in [4.69, 9.17) is 9.15 Å². The van der Waals surface area contributed by atoms with Gasteiger partial charge in [-0.15, -0.1) is 24.0 Å². The Hall–Kier alpha value is -0.800. The number of aliphatic hydroxyl groups is 1. The van der Waals surface area contributed by atoms with Crippen molar-refractivity contribution in [3.63, 3.8) is 0 Å². The van der Waals surface area contributed by atoms with Crippen LogP contribution in [-0.4, -0.2) is 42.4 Å². The minimum absolute atomic E-state index is 0. The van der Waals surface area contributed by atoms with E-state index in [1.807, 2.05) is 6.92 Å². The Morgan fingerprint density at radius 1 is 1.48 bits per heavy atom. The van der Waals surface area contributed by atoms with Gasteiger partial charge < -0.3 is 24.9 Å². The van der Waals surface area contributed by atoms with E-state index < -0.39 is 5.60 Å². The molecule has 2 aliphatic heterocycles. The molecule has 1 aromatic rings. The Bertz CT molecular complexity index is 519. The predicted molar refractivity (Wildman–Crippen MR) is 99.1 cm³/mol. The molecular weight excluding hydrogens is 409 g/mol. The molecule has 3 heterocycles. The van der Waals surface area contributed by atoms with Gasteiger partial charge in [-0.05, 0) is 45.2 Å². The van der Waals surface area contributed by atoms with Gasteiger partial charge in [0.25, 0.3) is 0 Å². The molecule has 7 heteroatoms. The van der Waals surface area contributed by atoms with E-state index in [0.29, 0.717) is 24.0 Å². The summed E-state index contributed by atoms with van der Waals surface area (Å²) in [6.45, 7) is 4.74. The van der Waals surface area contributed by atoms with Crippen LogP contribution in [0.1, 0.15) is 38.9 Å². The molecule has 0 aromatic carbocycles. The first-order valence-electron chi connectivity index (χ1n) is 8.05. The van der Waals surface area contributed by atoms with Gasteiger partial charge >= 0.3 is 0 Å². The second-order valence-corrected chi connectivity index (χ2v) is 6.31. The van der Waals surface area contributed by atoms with Crippen molar-refractivity contribution in [2.24, 2.45) is 4.99 Å². The molecule has 23 heavy (non-hydrogen) atoms. The van der Waals surface area contributed by atoms with Crippen molar-refractivity contribution in [3.8, 4) is 0 Å². The number of hydrogen-bond acceptors (Lipinski definition) is 4. The van der Waals surface area contributed by atoms with Gasteiger partial charge in [0.15, 0.2) is 5.96 Å². The average Bonchev–Trinajstić information content (AvgIpc) is 3.22. The minimum atomic E-state index is -1.11. The smallest absolute Gasteiger partial charge is 0.191 e. The Labute approximate surface area is 154 Å². The van der Waals surface area contributed by atoms with Crippen LogP contribution in [0.25, 0.3) is 0 Å². The van der Waals surface area contributed by atoms with E-state index >= 15 is 0 Å². The summed E-state index contributed by atoms with van der Waals surface area (Å²) in [6.07, 6.45) is 5.57. The molecule has 0 saturated carbocycles. The maximum absolute atomic E-state index is 10.5. The molecule has 2 saturated heterocycles. The molecule has 2 aliphatic rings. The lowest BCUT2D eigenvalue weighted by Gasteiger charge is -2.24. The fourth-order valence-corrected chi connectivity index (χ4v) is 3.18. The SMILES string of the molecule is CCNC(=NCC(C)(O)c1ccco1)NC1CC2CCC1O2.I. The molecule has 0 spiro atoms. The first kappa shape index (κ1) is 18.5. The van der Waals surface area contributed by atoms with Crippen molar-refractivity contribution in [1.82, 2.24) is 10.6 Å². The Morgan fingerprint density at radius 3 is 2.87 bits per heavy atom. The van der Waals surface area contributed by atoms with E-state index in [2.05, 4.69) is 15.6 Å². The highest BCUT2D eigenvalue weighted by atomic mass is 127. The maximum Gasteiger partial charge on any atom is 0.191 e. The number of hydrogen-bond donors (Lipinski definition) is 3. The number of ether oxygens (including phenoxy) is 1. The van der Waals surface area contributed by atoms with E-state index in [9.17, 15) is 5.11 Å². The number of aliphatic imine (C=N–C) groups is 1. The van der Waals surface area contributed by atoms with Crippen LogP contribution in [0, 0.1) is 0 Å². The molecule has 6 nitrogen and oxygen atoms in total. The van der Waals surface area contributed by atoms with Crippen LogP contribution in [0.5, 0.6) is 0 Å². The van der Waals surface area contributed by atoms with Crippen molar-refractivity contribution >= 4 is 29.9 Å². The highest BCUT2D eigenvalue weighted by Crippen LogP contribution is 2.34. The van der Waals surface area contributed by atoms with Crippen LogP contribution in [0.3, 0.4) is 0 Å². The lowest BCUT2D eigenvalue weighted by molar-refractivity contribution is 0.0436. The van der Waals surface area contributed by atoms with Crippen LogP contribution in [0.2, 0.25) is 0 Å². The summed E-state index contributed by atoms with van der Waals surface area (Å²) in [5.74, 6) is 1.24. The van der Waals surface area contributed by atoms with E-state index in [1.165, 1.54) is 6.42 Å². The summed E-state index contributed by atoms with van der Waals surface area (Å²) in [5, 5.41) is 17.1. The van der Waals surface area contributed by atoms with Gasteiger partial charge in [-0.1, -0.05) is 0 Å². The first-order valence-corrected chi connectivity index (χ1v) is 8.05. The first-order chi connectivity index (χ1) is 10.6. The van der Waals surface area contributed by atoms with Gasteiger partial charge in [-0.25, -0.2) is 4.99 Å². The number of halogens is 1. The third-order valence-electron chi connectivity index (χ3n) is 4.37. The molecule has 3 N–H and O–H groups in total. The van der Waals surface area contributed by atoms with E-state index in [1.54, 1.807) is 25.3 Å². The summed E-state index contributed by atoms with van der Waals surface area (Å²) < 4.78 is 11.1. The summed E-state index contributed by atoms with van der Waals surface area (Å²) >= 11 is 0. The highest BCUT2D eigenvalue weighted by molar-refractivity contribution is 14.0. The van der Waals surface area contributed by atoms with Gasteiger partial charge in [0.05, 0.1) is 31.1 Å². The number of nitrogens with one attached hydrogen (secondary N) is 2. The fourth-order valence-electron chi connectivity index (χ4n) is 3.18. The van der Waals surface area contributed by atoms with Gasteiger partial charge in [-0.2, -0.15) is 0 Å². The van der Waals surface area contributed by atoms with E-state index in [-0.39, 0.29) is 30.5 Å². The van der Waals surface area contributed by atoms with Gasteiger partial charge in [0.1, 0.15) is 11.4 Å². The number of fused-ring (bicyclic) bond motifs is 2. The molecule has 4 atom stereocenters. The highest BCUT2D eigenvalue weighted by Gasteiger charge is 2.41. The lowest BCUT2D eigenvalue weighted by atomic mass is 9.96. The van der Waals surface area contributed by atoms with Crippen LogP contribution in [-0.2, 0) is 10.3 Å². The normalized spacial score (nSPS) is 29.0. The topological polar surface area (TPSA) is 79.0 Å². The minimum Gasteiger partial charge on any atom is -0.466 e. The number of rotatable bonds is 5. The van der Waals surface area contributed by atoms with Crippen molar-refractivity contribution in [2.75, 3.05) is 13.1 Å². The van der Waals surface area contributed by atoms with Crippen molar-refractivity contribution in [2.45, 2.75) is 57.0 Å². The van der Waals surface area contributed by atoms with Crippen LogP contribution in [0.4, 0.5) is 0 Å². The summed E-state index contributed by atoms with van der Waals surface area (Å²) in [6, 6.07) is 3.84. The molecule has 3 rings (SSSR count). The number of guanidine groups is 1. The van der Waals surface area contributed by atoms with Crippen LogP contribution in [0.15, 0.2) is 27.8 Å². The Kier molecular flexibility index (Phi) is 6.33. The molecule has 2 fully saturated rings. The predicted octanol–water partition coefficient (Wildman–Crippen LogP) is 1.98. The zero-order chi connectivity index (χ0) is 15.6. The largest absolute Gasteiger partial charge is 0.466 e. The Balaban J connectivity index is 0.00000192. The molecule has 0 radical (unpaired) electrons. The van der Waals surface area contributed by atoms with Gasteiger partial charge in [0, 0.05) is 6.54 Å². The quantitative estimate of drug-likeness (QED) is 0.375. The van der Waals surface area contributed by atoms with Crippen LogP contribution < -0.4 is 10.6 Å². The fraction of sp³-hybridized carbons (Fsp3) is 0.688. The molecular formula is C16H26IN3O3. The Morgan fingerprint density at radius 2 is 2.30 bits per heavy atom. The lowest BCUT2D eigenvalue weighted by Crippen LogP contribution is -2.48. The average molecular weight is 435 g/mol. The second-order valence-electron chi connectivity index (χ2n) is 6.31. The second kappa shape index (κ2) is 7.85. The maximum atomic E-state index is 10.5. The van der Waals surface area contributed by atoms with E-state index in [0.717, 1.165) is 25.3 Å². The van der Waals surface area contributed by atoms with Crippen molar-refractivity contribution < 1.29 is 14.3 Å².